The van der Waals surface area contributed by atoms with Crippen molar-refractivity contribution in [3.05, 3.63) is 35.5 Å². The third-order valence-electron chi connectivity index (χ3n) is 3.29. The molecular weight excluding hydrogens is 234 g/mol. The van der Waals surface area contributed by atoms with Crippen LogP contribution in [-0.2, 0) is 11.4 Å². The van der Waals surface area contributed by atoms with Gasteiger partial charge in [0.1, 0.15) is 5.75 Å². The van der Waals surface area contributed by atoms with Crippen molar-refractivity contribution in [1.29, 1.82) is 0 Å². The van der Waals surface area contributed by atoms with E-state index in [1.165, 1.54) is 6.08 Å². The molecule has 2 aliphatic rings. The summed E-state index contributed by atoms with van der Waals surface area (Å²) in [6.07, 6.45) is 1.04. The Bertz CT molecular complexity index is 538. The molecule has 0 fully saturated rings. The van der Waals surface area contributed by atoms with Crippen LogP contribution in [0.15, 0.2) is 30.0 Å². The molecule has 0 bridgehead atoms. The normalized spacial score (nSPS) is 24.8. The number of aliphatic hydroxyl groups is 2. The number of fused-ring (bicyclic) bond motifs is 2. The molecule has 0 radical (unpaired) electrons. The van der Waals surface area contributed by atoms with Crippen molar-refractivity contribution in [3.8, 4) is 5.75 Å². The average molecular weight is 247 g/mol. The first-order valence-corrected chi connectivity index (χ1v) is 5.76. The third-order valence-corrected chi connectivity index (χ3v) is 3.29. The van der Waals surface area contributed by atoms with E-state index in [9.17, 15) is 9.90 Å². The Kier molecular flexibility index (Phi) is 2.57. The Morgan fingerprint density at radius 1 is 1.33 bits per heavy atom. The number of ketones is 1. The summed E-state index contributed by atoms with van der Waals surface area (Å²) in [5, 5.41) is 21.4. The van der Waals surface area contributed by atoms with Crippen molar-refractivity contribution < 1.29 is 19.7 Å². The highest BCUT2D eigenvalue weighted by atomic mass is 16.5. The number of benzene rings is 1. The van der Waals surface area contributed by atoms with E-state index in [-0.39, 0.29) is 19.0 Å². The smallest absolute Gasteiger partial charge is 0.167 e. The van der Waals surface area contributed by atoms with Gasteiger partial charge in [0.25, 0.3) is 0 Å². The molecule has 3 N–H and O–H groups in total. The largest absolute Gasteiger partial charge is 0.481 e. The molecule has 0 amide bonds. The molecule has 18 heavy (non-hydrogen) atoms. The molecule has 5 heteroatoms. The molecule has 5 nitrogen and oxygen atoms in total. The molecule has 1 aromatic rings. The first-order valence-electron chi connectivity index (χ1n) is 5.76. The van der Waals surface area contributed by atoms with Crippen molar-refractivity contribution in [1.82, 2.24) is 0 Å². The van der Waals surface area contributed by atoms with Gasteiger partial charge in [0.2, 0.25) is 0 Å². The SMILES string of the molecule is O=C1C=C2Nc3cc(CO)ccc3O[C@H]2[C@@H]1CO. The van der Waals surface area contributed by atoms with E-state index in [4.69, 9.17) is 9.84 Å². The van der Waals surface area contributed by atoms with Crippen molar-refractivity contribution in [2.45, 2.75) is 12.7 Å². The Hall–Kier alpha value is -1.85. The fourth-order valence-corrected chi connectivity index (χ4v) is 2.32. The quantitative estimate of drug-likeness (QED) is 0.706. The van der Waals surface area contributed by atoms with Gasteiger partial charge in [-0.1, -0.05) is 6.07 Å². The first kappa shape index (κ1) is 11.3. The van der Waals surface area contributed by atoms with Crippen LogP contribution in [0.4, 0.5) is 5.69 Å². The average Bonchev–Trinajstić information content (AvgIpc) is 2.69. The highest BCUT2D eigenvalue weighted by Crippen LogP contribution is 2.38. The molecule has 1 heterocycles. The number of hydrogen-bond donors (Lipinski definition) is 3. The predicted molar refractivity (Wildman–Crippen MR) is 64.1 cm³/mol. The molecule has 0 spiro atoms. The fourth-order valence-electron chi connectivity index (χ4n) is 2.32. The van der Waals surface area contributed by atoms with Gasteiger partial charge in [-0.2, -0.15) is 0 Å². The summed E-state index contributed by atoms with van der Waals surface area (Å²) in [4.78, 5) is 11.6. The van der Waals surface area contributed by atoms with Crippen LogP contribution in [0.3, 0.4) is 0 Å². The van der Waals surface area contributed by atoms with E-state index in [0.717, 1.165) is 11.3 Å². The summed E-state index contributed by atoms with van der Waals surface area (Å²) < 4.78 is 5.74. The van der Waals surface area contributed by atoms with Gasteiger partial charge in [0.05, 0.1) is 30.5 Å². The summed E-state index contributed by atoms with van der Waals surface area (Å²) in [6, 6.07) is 5.30. The van der Waals surface area contributed by atoms with E-state index in [1.54, 1.807) is 18.2 Å². The number of aliphatic hydroxyl groups excluding tert-OH is 2. The molecule has 0 saturated heterocycles. The zero-order valence-corrected chi connectivity index (χ0v) is 9.59. The van der Waals surface area contributed by atoms with E-state index < -0.39 is 12.0 Å². The van der Waals surface area contributed by atoms with Crippen LogP contribution >= 0.6 is 0 Å². The number of carbonyl (C=O) groups excluding carboxylic acids is 1. The van der Waals surface area contributed by atoms with Crippen molar-refractivity contribution >= 4 is 11.5 Å². The number of hydrogen-bond acceptors (Lipinski definition) is 5. The van der Waals surface area contributed by atoms with Gasteiger partial charge < -0.3 is 20.3 Å². The van der Waals surface area contributed by atoms with Crippen LogP contribution in [-0.4, -0.2) is 28.7 Å². The van der Waals surface area contributed by atoms with Crippen LogP contribution in [0.1, 0.15) is 5.56 Å². The van der Waals surface area contributed by atoms with Crippen LogP contribution in [0.5, 0.6) is 5.75 Å². The van der Waals surface area contributed by atoms with Gasteiger partial charge >= 0.3 is 0 Å². The summed E-state index contributed by atoms with van der Waals surface area (Å²) in [7, 11) is 0. The summed E-state index contributed by atoms with van der Waals surface area (Å²) in [5.74, 6) is -0.0270. The van der Waals surface area contributed by atoms with Gasteiger partial charge in [-0.3, -0.25) is 4.79 Å². The monoisotopic (exact) mass is 247 g/mol. The van der Waals surface area contributed by atoms with Gasteiger partial charge in [-0.15, -0.1) is 0 Å². The molecule has 94 valence electrons. The molecule has 0 unspecified atom stereocenters. The van der Waals surface area contributed by atoms with E-state index >= 15 is 0 Å². The van der Waals surface area contributed by atoms with Crippen LogP contribution in [0, 0.1) is 5.92 Å². The maximum atomic E-state index is 11.6. The van der Waals surface area contributed by atoms with Crippen molar-refractivity contribution in [3.63, 3.8) is 0 Å². The second-order valence-electron chi connectivity index (χ2n) is 4.44. The Labute approximate surface area is 104 Å². The molecule has 0 aromatic heterocycles. The minimum atomic E-state index is -0.529. The molecule has 1 aromatic carbocycles. The minimum Gasteiger partial charge on any atom is -0.481 e. The van der Waals surface area contributed by atoms with Crippen molar-refractivity contribution in [2.75, 3.05) is 11.9 Å². The molecule has 0 saturated carbocycles. The molecule has 3 rings (SSSR count). The zero-order valence-electron chi connectivity index (χ0n) is 9.59. The lowest BCUT2D eigenvalue weighted by atomic mass is 10.0. The maximum absolute atomic E-state index is 11.6. The highest BCUT2D eigenvalue weighted by molar-refractivity contribution is 5.97. The number of ether oxygens (including phenoxy) is 1. The number of carbonyl (C=O) groups is 1. The van der Waals surface area contributed by atoms with E-state index in [1.807, 2.05) is 0 Å². The minimum absolute atomic E-state index is 0.0460. The third kappa shape index (κ3) is 1.60. The van der Waals surface area contributed by atoms with E-state index in [0.29, 0.717) is 11.4 Å². The lowest BCUT2D eigenvalue weighted by Crippen LogP contribution is -2.35. The van der Waals surface area contributed by atoms with Gasteiger partial charge in [0.15, 0.2) is 11.9 Å². The number of nitrogens with one attached hydrogen (secondary N) is 1. The summed E-state index contributed by atoms with van der Waals surface area (Å²) in [5.41, 5.74) is 2.17. The second kappa shape index (κ2) is 4.12. The Morgan fingerprint density at radius 2 is 2.17 bits per heavy atom. The summed E-state index contributed by atoms with van der Waals surface area (Å²) in [6.45, 7) is -0.273. The van der Waals surface area contributed by atoms with Gasteiger partial charge in [0, 0.05) is 6.08 Å². The molecule has 1 aliphatic heterocycles. The first-order chi connectivity index (χ1) is 8.72. The number of rotatable bonds is 2. The standard InChI is InChI=1S/C13H13NO4/c15-5-7-1-2-12-9(3-7)14-10-4-11(17)8(6-16)13(10)18-12/h1-4,8,13-16H,5-6H2/t8-,13+/m1/s1. The van der Waals surface area contributed by atoms with Gasteiger partial charge in [-0.25, -0.2) is 0 Å². The molecule has 1 aliphatic carbocycles. The molecular formula is C13H13NO4. The van der Waals surface area contributed by atoms with E-state index in [2.05, 4.69) is 5.32 Å². The number of anilines is 1. The number of allylic oxidation sites excluding steroid dienone is 1. The highest BCUT2D eigenvalue weighted by Gasteiger charge is 2.40. The lowest BCUT2D eigenvalue weighted by Gasteiger charge is -2.29. The zero-order chi connectivity index (χ0) is 12.7. The summed E-state index contributed by atoms with van der Waals surface area (Å²) >= 11 is 0. The van der Waals surface area contributed by atoms with Crippen LogP contribution < -0.4 is 10.1 Å². The van der Waals surface area contributed by atoms with Gasteiger partial charge in [-0.05, 0) is 17.7 Å². The predicted octanol–water partition coefficient (Wildman–Crippen LogP) is 0.427. The van der Waals surface area contributed by atoms with Crippen LogP contribution in [0.2, 0.25) is 0 Å². The molecule has 2 atom stereocenters. The lowest BCUT2D eigenvalue weighted by molar-refractivity contribution is -0.120. The maximum Gasteiger partial charge on any atom is 0.167 e. The topological polar surface area (TPSA) is 78.8 Å². The second-order valence-corrected chi connectivity index (χ2v) is 4.44. The Balaban J connectivity index is 1.96. The van der Waals surface area contributed by atoms with Crippen molar-refractivity contribution in [2.24, 2.45) is 5.92 Å². The Morgan fingerprint density at radius 3 is 2.89 bits per heavy atom. The van der Waals surface area contributed by atoms with Crippen LogP contribution in [0.25, 0.3) is 0 Å². The fraction of sp³-hybridized carbons (Fsp3) is 0.308.